The van der Waals surface area contributed by atoms with Crippen LogP contribution in [0.25, 0.3) is 5.82 Å². The maximum Gasteiger partial charge on any atom is 0.174 e. The van der Waals surface area contributed by atoms with Crippen molar-refractivity contribution in [1.82, 2.24) is 30.0 Å². The van der Waals surface area contributed by atoms with E-state index in [9.17, 15) is 0 Å². The molecule has 0 atom stereocenters. The number of aromatic nitrogens is 5. The zero-order chi connectivity index (χ0) is 10.8. The van der Waals surface area contributed by atoms with Gasteiger partial charge in [0.2, 0.25) is 0 Å². The SMILES string of the molecule is c1cnc(-n2ncnc2CNC2CC2)cn1. The van der Waals surface area contributed by atoms with Crippen LogP contribution >= 0.6 is 0 Å². The zero-order valence-electron chi connectivity index (χ0n) is 8.74. The first kappa shape index (κ1) is 9.41. The molecule has 1 saturated carbocycles. The van der Waals surface area contributed by atoms with Gasteiger partial charge in [0.1, 0.15) is 12.2 Å². The molecule has 0 bridgehead atoms. The molecule has 2 aromatic rings. The maximum atomic E-state index is 4.21. The van der Waals surface area contributed by atoms with Crippen LogP contribution < -0.4 is 5.32 Å². The van der Waals surface area contributed by atoms with Crippen LogP contribution in [-0.4, -0.2) is 30.8 Å². The first-order chi connectivity index (χ1) is 7.93. The summed E-state index contributed by atoms with van der Waals surface area (Å²) < 4.78 is 1.71. The van der Waals surface area contributed by atoms with E-state index in [4.69, 9.17) is 0 Å². The van der Waals surface area contributed by atoms with E-state index in [1.165, 1.54) is 12.8 Å². The Bertz CT molecular complexity index is 461. The Kier molecular flexibility index (Phi) is 2.34. The zero-order valence-corrected chi connectivity index (χ0v) is 8.74. The van der Waals surface area contributed by atoms with Gasteiger partial charge in [-0.2, -0.15) is 9.78 Å². The predicted octanol–water partition coefficient (Wildman–Crippen LogP) is 0.309. The van der Waals surface area contributed by atoms with Crippen LogP contribution in [0.4, 0.5) is 0 Å². The van der Waals surface area contributed by atoms with Gasteiger partial charge in [0.05, 0.1) is 12.7 Å². The molecule has 0 aromatic carbocycles. The molecule has 1 aliphatic carbocycles. The van der Waals surface area contributed by atoms with Crippen LogP contribution in [0.2, 0.25) is 0 Å². The summed E-state index contributed by atoms with van der Waals surface area (Å²) in [6.07, 6.45) is 9.03. The minimum absolute atomic E-state index is 0.659. The fourth-order valence-corrected chi connectivity index (χ4v) is 1.50. The van der Waals surface area contributed by atoms with E-state index in [0.717, 1.165) is 12.4 Å². The molecular formula is C10H12N6. The third-order valence-electron chi connectivity index (χ3n) is 2.51. The van der Waals surface area contributed by atoms with Crippen LogP contribution in [0.3, 0.4) is 0 Å². The van der Waals surface area contributed by atoms with Gasteiger partial charge in [-0.1, -0.05) is 0 Å². The number of rotatable bonds is 4. The number of hydrogen-bond donors (Lipinski definition) is 1. The molecule has 2 heterocycles. The van der Waals surface area contributed by atoms with Crippen molar-refractivity contribution in [3.63, 3.8) is 0 Å². The Morgan fingerprint density at radius 2 is 2.25 bits per heavy atom. The summed E-state index contributed by atoms with van der Waals surface area (Å²) in [6.45, 7) is 0.723. The minimum Gasteiger partial charge on any atom is -0.307 e. The third kappa shape index (κ3) is 1.92. The van der Waals surface area contributed by atoms with E-state index >= 15 is 0 Å². The number of hydrogen-bond acceptors (Lipinski definition) is 5. The molecule has 6 nitrogen and oxygen atoms in total. The standard InChI is InChI=1S/C10H12N6/c1-2-8(1)13-6-10-14-7-15-16(10)9-5-11-3-4-12-9/h3-5,7-8,13H,1-2,6H2. The molecule has 0 unspecified atom stereocenters. The first-order valence-electron chi connectivity index (χ1n) is 5.32. The molecule has 2 aromatic heterocycles. The van der Waals surface area contributed by atoms with Gasteiger partial charge in [0.25, 0.3) is 0 Å². The van der Waals surface area contributed by atoms with Crippen molar-refractivity contribution in [2.45, 2.75) is 25.4 Å². The molecule has 0 radical (unpaired) electrons. The molecule has 3 rings (SSSR count). The van der Waals surface area contributed by atoms with Gasteiger partial charge in [0.15, 0.2) is 5.82 Å². The topological polar surface area (TPSA) is 68.5 Å². The summed E-state index contributed by atoms with van der Waals surface area (Å²) in [5.41, 5.74) is 0. The lowest BCUT2D eigenvalue weighted by Gasteiger charge is -2.04. The molecule has 0 spiro atoms. The van der Waals surface area contributed by atoms with E-state index in [-0.39, 0.29) is 0 Å². The molecule has 0 saturated heterocycles. The van der Waals surface area contributed by atoms with Crippen molar-refractivity contribution in [3.05, 3.63) is 30.7 Å². The second-order valence-electron chi connectivity index (χ2n) is 3.81. The Hall–Kier alpha value is -1.82. The average molecular weight is 216 g/mol. The highest BCUT2D eigenvalue weighted by atomic mass is 15.4. The fourth-order valence-electron chi connectivity index (χ4n) is 1.50. The molecule has 0 aliphatic heterocycles. The van der Waals surface area contributed by atoms with E-state index < -0.39 is 0 Å². The summed E-state index contributed by atoms with van der Waals surface area (Å²) in [7, 11) is 0. The van der Waals surface area contributed by atoms with Gasteiger partial charge >= 0.3 is 0 Å². The lowest BCUT2D eigenvalue weighted by molar-refractivity contribution is 0.633. The molecule has 0 amide bonds. The van der Waals surface area contributed by atoms with Crippen molar-refractivity contribution in [1.29, 1.82) is 0 Å². The van der Waals surface area contributed by atoms with Gasteiger partial charge in [-0.05, 0) is 12.8 Å². The lowest BCUT2D eigenvalue weighted by Crippen LogP contribution is -2.19. The van der Waals surface area contributed by atoms with Crippen LogP contribution in [0, 0.1) is 0 Å². The van der Waals surface area contributed by atoms with Crippen LogP contribution in [0.5, 0.6) is 0 Å². The van der Waals surface area contributed by atoms with E-state index in [0.29, 0.717) is 11.9 Å². The van der Waals surface area contributed by atoms with E-state index in [1.54, 1.807) is 29.6 Å². The third-order valence-corrected chi connectivity index (χ3v) is 2.51. The van der Waals surface area contributed by atoms with Crippen molar-refractivity contribution in [2.24, 2.45) is 0 Å². The Morgan fingerprint density at radius 1 is 1.31 bits per heavy atom. The average Bonchev–Trinajstić information content (AvgIpc) is 3.05. The monoisotopic (exact) mass is 216 g/mol. The highest BCUT2D eigenvalue weighted by Crippen LogP contribution is 2.19. The Balaban J connectivity index is 1.81. The smallest absolute Gasteiger partial charge is 0.174 e. The highest BCUT2D eigenvalue weighted by molar-refractivity contribution is 5.16. The predicted molar refractivity (Wildman–Crippen MR) is 56.8 cm³/mol. The Morgan fingerprint density at radius 3 is 3.00 bits per heavy atom. The molecule has 1 fully saturated rings. The van der Waals surface area contributed by atoms with E-state index in [2.05, 4.69) is 25.4 Å². The Labute approximate surface area is 92.8 Å². The van der Waals surface area contributed by atoms with Gasteiger partial charge in [-0.25, -0.2) is 9.97 Å². The minimum atomic E-state index is 0.659. The van der Waals surface area contributed by atoms with E-state index in [1.807, 2.05) is 0 Å². The van der Waals surface area contributed by atoms with Gasteiger partial charge in [-0.3, -0.25) is 4.98 Å². The molecular weight excluding hydrogens is 204 g/mol. The number of nitrogens with zero attached hydrogens (tertiary/aromatic N) is 5. The van der Waals surface area contributed by atoms with Crippen molar-refractivity contribution in [3.8, 4) is 5.82 Å². The molecule has 82 valence electrons. The van der Waals surface area contributed by atoms with Crippen LogP contribution in [-0.2, 0) is 6.54 Å². The van der Waals surface area contributed by atoms with Crippen LogP contribution in [0.15, 0.2) is 24.9 Å². The molecule has 1 aliphatic rings. The second kappa shape index (κ2) is 3.97. The van der Waals surface area contributed by atoms with Crippen molar-refractivity contribution in [2.75, 3.05) is 0 Å². The number of nitrogens with one attached hydrogen (secondary N) is 1. The second-order valence-corrected chi connectivity index (χ2v) is 3.81. The quantitative estimate of drug-likeness (QED) is 0.796. The molecule has 6 heteroatoms. The summed E-state index contributed by atoms with van der Waals surface area (Å²) >= 11 is 0. The fraction of sp³-hybridized carbons (Fsp3) is 0.400. The first-order valence-corrected chi connectivity index (χ1v) is 5.32. The van der Waals surface area contributed by atoms with Gasteiger partial charge < -0.3 is 5.32 Å². The normalized spacial score (nSPS) is 15.2. The highest BCUT2D eigenvalue weighted by Gasteiger charge is 2.21. The largest absolute Gasteiger partial charge is 0.307 e. The molecule has 1 N–H and O–H groups in total. The maximum absolute atomic E-state index is 4.21. The summed E-state index contributed by atoms with van der Waals surface area (Å²) in [4.78, 5) is 12.4. The summed E-state index contributed by atoms with van der Waals surface area (Å²) in [5, 5.41) is 7.55. The van der Waals surface area contributed by atoms with Crippen molar-refractivity contribution >= 4 is 0 Å². The summed E-state index contributed by atoms with van der Waals surface area (Å²) in [5.74, 6) is 1.57. The van der Waals surface area contributed by atoms with Crippen molar-refractivity contribution < 1.29 is 0 Å². The molecule has 16 heavy (non-hydrogen) atoms. The summed E-state index contributed by atoms with van der Waals surface area (Å²) in [6, 6.07) is 0.659. The van der Waals surface area contributed by atoms with Crippen LogP contribution in [0.1, 0.15) is 18.7 Å². The van der Waals surface area contributed by atoms with Gasteiger partial charge in [0, 0.05) is 18.4 Å². The lowest BCUT2D eigenvalue weighted by atomic mass is 10.5. The van der Waals surface area contributed by atoms with Gasteiger partial charge in [-0.15, -0.1) is 0 Å².